The molecule has 0 spiro atoms. The van der Waals surface area contributed by atoms with E-state index < -0.39 is 9.84 Å². The van der Waals surface area contributed by atoms with Crippen LogP contribution in [-0.2, 0) is 21.1 Å². The second-order valence-corrected chi connectivity index (χ2v) is 8.04. The first-order chi connectivity index (χ1) is 9.91. The monoisotopic (exact) mass is 309 g/mol. The first-order valence-electron chi connectivity index (χ1n) is 7.46. The van der Waals surface area contributed by atoms with Crippen LogP contribution in [0.25, 0.3) is 0 Å². The Labute approximate surface area is 127 Å². The lowest BCUT2D eigenvalue weighted by Gasteiger charge is -2.28. The molecule has 21 heavy (non-hydrogen) atoms. The van der Waals surface area contributed by atoms with Gasteiger partial charge in [-0.2, -0.15) is 0 Å². The summed E-state index contributed by atoms with van der Waals surface area (Å²) in [6.07, 6.45) is 1.76. The van der Waals surface area contributed by atoms with Crippen molar-refractivity contribution in [1.29, 1.82) is 0 Å². The first-order valence-corrected chi connectivity index (χ1v) is 9.29. The van der Waals surface area contributed by atoms with Crippen molar-refractivity contribution >= 4 is 15.7 Å². The maximum absolute atomic E-state index is 12.5. The molecule has 0 saturated carbocycles. The molecule has 0 unspecified atom stereocenters. The van der Waals surface area contributed by atoms with E-state index in [1.807, 2.05) is 38.1 Å². The third-order valence-electron chi connectivity index (χ3n) is 3.91. The highest BCUT2D eigenvalue weighted by molar-refractivity contribution is 7.91. The zero-order chi connectivity index (χ0) is 15.5. The fourth-order valence-corrected chi connectivity index (χ4v) is 4.49. The number of benzene rings is 1. The molecule has 1 saturated heterocycles. The second kappa shape index (κ2) is 6.60. The number of nitrogens with zero attached hydrogens (tertiary/aromatic N) is 1. The van der Waals surface area contributed by atoms with Crippen molar-refractivity contribution in [3.63, 3.8) is 0 Å². The SMILES string of the molecule is CCCN(C(=O)Cc1ccc(C)cc1)[C@@H]1CCS(=O)(=O)C1. The molecule has 0 aromatic heterocycles. The lowest BCUT2D eigenvalue weighted by molar-refractivity contribution is -0.132. The number of amides is 1. The van der Waals surface area contributed by atoms with Gasteiger partial charge in [0.1, 0.15) is 0 Å². The summed E-state index contributed by atoms with van der Waals surface area (Å²) in [4.78, 5) is 14.3. The largest absolute Gasteiger partial charge is 0.338 e. The van der Waals surface area contributed by atoms with Crippen LogP contribution in [0.3, 0.4) is 0 Å². The number of hydrogen-bond acceptors (Lipinski definition) is 3. The second-order valence-electron chi connectivity index (χ2n) is 5.81. The van der Waals surface area contributed by atoms with Gasteiger partial charge in [-0.1, -0.05) is 36.8 Å². The van der Waals surface area contributed by atoms with E-state index in [1.54, 1.807) is 4.90 Å². The maximum atomic E-state index is 12.5. The summed E-state index contributed by atoms with van der Waals surface area (Å²) in [5.41, 5.74) is 2.14. The smallest absolute Gasteiger partial charge is 0.227 e. The Balaban J connectivity index is 2.07. The Morgan fingerprint density at radius 3 is 2.48 bits per heavy atom. The van der Waals surface area contributed by atoms with Gasteiger partial charge in [-0.05, 0) is 25.3 Å². The van der Waals surface area contributed by atoms with Crippen LogP contribution in [0, 0.1) is 6.92 Å². The number of rotatable bonds is 5. The molecule has 1 aliphatic rings. The highest BCUT2D eigenvalue weighted by atomic mass is 32.2. The van der Waals surface area contributed by atoms with E-state index in [2.05, 4.69) is 0 Å². The van der Waals surface area contributed by atoms with Gasteiger partial charge in [-0.25, -0.2) is 8.42 Å². The number of aryl methyl sites for hydroxylation is 1. The van der Waals surface area contributed by atoms with Crippen molar-refractivity contribution in [2.75, 3.05) is 18.1 Å². The Hall–Kier alpha value is -1.36. The predicted octanol–water partition coefficient (Wildman–Crippen LogP) is 1.96. The van der Waals surface area contributed by atoms with Gasteiger partial charge in [0.15, 0.2) is 9.84 Å². The standard InChI is InChI=1S/C16H23NO3S/c1-3-9-17(15-8-10-21(19,20)12-15)16(18)11-14-6-4-13(2)5-7-14/h4-7,15H,3,8-12H2,1-2H3/t15-/m1/s1. The summed E-state index contributed by atoms with van der Waals surface area (Å²) in [6.45, 7) is 4.65. The maximum Gasteiger partial charge on any atom is 0.227 e. The van der Waals surface area contributed by atoms with Crippen LogP contribution in [-0.4, -0.2) is 43.3 Å². The molecule has 1 aromatic rings. The van der Waals surface area contributed by atoms with Crippen LogP contribution in [0.2, 0.25) is 0 Å². The van der Waals surface area contributed by atoms with Gasteiger partial charge in [0.2, 0.25) is 5.91 Å². The van der Waals surface area contributed by atoms with Crippen molar-refractivity contribution in [2.45, 2.75) is 39.2 Å². The van der Waals surface area contributed by atoms with Crippen molar-refractivity contribution in [1.82, 2.24) is 4.90 Å². The van der Waals surface area contributed by atoms with Crippen LogP contribution < -0.4 is 0 Å². The van der Waals surface area contributed by atoms with Gasteiger partial charge >= 0.3 is 0 Å². The van der Waals surface area contributed by atoms with E-state index >= 15 is 0 Å². The highest BCUT2D eigenvalue weighted by Gasteiger charge is 2.34. The zero-order valence-corrected chi connectivity index (χ0v) is 13.5. The van der Waals surface area contributed by atoms with E-state index in [0.717, 1.165) is 12.0 Å². The van der Waals surface area contributed by atoms with Crippen molar-refractivity contribution in [3.05, 3.63) is 35.4 Å². The summed E-state index contributed by atoms with van der Waals surface area (Å²) in [5.74, 6) is 0.352. The lowest BCUT2D eigenvalue weighted by atomic mass is 10.1. The molecule has 1 aromatic carbocycles. The molecule has 1 aliphatic heterocycles. The zero-order valence-electron chi connectivity index (χ0n) is 12.7. The van der Waals surface area contributed by atoms with Gasteiger partial charge < -0.3 is 4.90 Å². The molecule has 0 bridgehead atoms. The summed E-state index contributed by atoms with van der Waals surface area (Å²) in [7, 11) is -2.96. The quantitative estimate of drug-likeness (QED) is 0.835. The summed E-state index contributed by atoms with van der Waals surface area (Å²) >= 11 is 0. The lowest BCUT2D eigenvalue weighted by Crippen LogP contribution is -2.42. The molecule has 1 heterocycles. The molecule has 1 fully saturated rings. The Morgan fingerprint density at radius 2 is 1.95 bits per heavy atom. The minimum atomic E-state index is -2.96. The molecule has 116 valence electrons. The minimum absolute atomic E-state index is 0.0304. The van der Waals surface area contributed by atoms with Gasteiger partial charge in [0.25, 0.3) is 0 Å². The summed E-state index contributed by atoms with van der Waals surface area (Å²) < 4.78 is 23.3. The fourth-order valence-electron chi connectivity index (χ4n) is 2.76. The highest BCUT2D eigenvalue weighted by Crippen LogP contribution is 2.19. The normalized spacial score (nSPS) is 20.4. The molecule has 2 rings (SSSR count). The van der Waals surface area contributed by atoms with Gasteiger partial charge in [-0.15, -0.1) is 0 Å². The molecule has 1 amide bonds. The average Bonchev–Trinajstić information content (AvgIpc) is 2.78. The number of carbonyl (C=O) groups excluding carboxylic acids is 1. The molecule has 5 heteroatoms. The van der Waals surface area contributed by atoms with Crippen LogP contribution >= 0.6 is 0 Å². The van der Waals surface area contributed by atoms with Gasteiger partial charge in [-0.3, -0.25) is 4.79 Å². The average molecular weight is 309 g/mol. The van der Waals surface area contributed by atoms with Crippen LogP contribution in [0.15, 0.2) is 24.3 Å². The van der Waals surface area contributed by atoms with E-state index in [-0.39, 0.29) is 23.5 Å². The molecule has 4 nitrogen and oxygen atoms in total. The molecule has 1 atom stereocenters. The van der Waals surface area contributed by atoms with Crippen LogP contribution in [0.5, 0.6) is 0 Å². The summed E-state index contributed by atoms with van der Waals surface area (Å²) in [5, 5.41) is 0. The van der Waals surface area contributed by atoms with Gasteiger partial charge in [0, 0.05) is 12.6 Å². The molecular formula is C16H23NO3S. The Kier molecular flexibility index (Phi) is 5.04. The predicted molar refractivity (Wildman–Crippen MR) is 83.9 cm³/mol. The molecular weight excluding hydrogens is 286 g/mol. The van der Waals surface area contributed by atoms with Crippen molar-refractivity contribution in [3.8, 4) is 0 Å². The molecule has 0 radical (unpaired) electrons. The third-order valence-corrected chi connectivity index (χ3v) is 5.66. The van der Waals surface area contributed by atoms with Crippen LogP contribution in [0.1, 0.15) is 30.9 Å². The van der Waals surface area contributed by atoms with E-state index in [1.165, 1.54) is 5.56 Å². The first kappa shape index (κ1) is 16.0. The number of carbonyl (C=O) groups is 1. The topological polar surface area (TPSA) is 54.5 Å². The van der Waals surface area contributed by atoms with Crippen molar-refractivity contribution < 1.29 is 13.2 Å². The Morgan fingerprint density at radius 1 is 1.29 bits per heavy atom. The fraction of sp³-hybridized carbons (Fsp3) is 0.562. The van der Waals surface area contributed by atoms with E-state index in [4.69, 9.17) is 0 Å². The van der Waals surface area contributed by atoms with E-state index in [0.29, 0.717) is 19.4 Å². The number of sulfone groups is 1. The Bertz CT molecular complexity index is 592. The van der Waals surface area contributed by atoms with Crippen LogP contribution in [0.4, 0.5) is 0 Å². The third kappa shape index (κ3) is 4.30. The summed E-state index contributed by atoms with van der Waals surface area (Å²) in [6, 6.07) is 7.76. The van der Waals surface area contributed by atoms with Crippen molar-refractivity contribution in [2.24, 2.45) is 0 Å². The minimum Gasteiger partial charge on any atom is -0.338 e. The molecule has 0 N–H and O–H groups in total. The number of hydrogen-bond donors (Lipinski definition) is 0. The van der Waals surface area contributed by atoms with Gasteiger partial charge in [0.05, 0.1) is 17.9 Å². The molecule has 0 aliphatic carbocycles. The van der Waals surface area contributed by atoms with E-state index in [9.17, 15) is 13.2 Å².